The minimum atomic E-state index is -1.25. The number of carboxylic acids is 1. The second-order valence-electron chi connectivity index (χ2n) is 3.02. The average Bonchev–Trinajstić information content (AvgIpc) is 2.75. The Hall–Kier alpha value is -2.51. The fourth-order valence-corrected chi connectivity index (χ4v) is 1.27. The van der Waals surface area contributed by atoms with Gasteiger partial charge in [-0.05, 0) is 6.92 Å². The summed E-state index contributed by atoms with van der Waals surface area (Å²) in [4.78, 5) is 29.9. The van der Waals surface area contributed by atoms with E-state index in [4.69, 9.17) is 9.84 Å². The first kappa shape index (κ1) is 11.0. The van der Waals surface area contributed by atoms with Crippen LogP contribution in [0.1, 0.15) is 27.9 Å². The number of hydrogen-bond donors (Lipinski definition) is 1. The summed E-state index contributed by atoms with van der Waals surface area (Å²) >= 11 is 0. The molecule has 0 spiro atoms. The summed E-state index contributed by atoms with van der Waals surface area (Å²) in [6.45, 7) is 1.83. The molecular weight excluding hydrogens is 228 g/mol. The lowest BCUT2D eigenvalue weighted by molar-refractivity contribution is 0.0516. The third-order valence-corrected chi connectivity index (χ3v) is 1.96. The van der Waals surface area contributed by atoms with E-state index in [0.29, 0.717) is 0 Å². The van der Waals surface area contributed by atoms with E-state index in [1.165, 1.54) is 6.33 Å². The fourth-order valence-electron chi connectivity index (χ4n) is 1.27. The molecule has 0 aliphatic heterocycles. The SMILES string of the molecule is CCOC(=O)c1cc(C(=O)O)nc2ncnn12. The van der Waals surface area contributed by atoms with Gasteiger partial charge in [-0.15, -0.1) is 0 Å². The Kier molecular flexibility index (Phi) is 2.69. The zero-order valence-corrected chi connectivity index (χ0v) is 8.82. The van der Waals surface area contributed by atoms with Crippen molar-refractivity contribution in [2.24, 2.45) is 0 Å². The molecule has 88 valence electrons. The van der Waals surface area contributed by atoms with Gasteiger partial charge in [0.25, 0.3) is 5.78 Å². The Bertz CT molecular complexity index is 592. The number of aromatic nitrogens is 4. The Balaban J connectivity index is 2.62. The highest BCUT2D eigenvalue weighted by atomic mass is 16.5. The number of carbonyl (C=O) groups is 2. The molecular formula is C9H8N4O4. The van der Waals surface area contributed by atoms with E-state index < -0.39 is 11.9 Å². The van der Waals surface area contributed by atoms with E-state index >= 15 is 0 Å². The Morgan fingerprint density at radius 2 is 2.29 bits per heavy atom. The molecule has 0 amide bonds. The maximum Gasteiger partial charge on any atom is 0.357 e. The van der Waals surface area contributed by atoms with Crippen LogP contribution in [-0.4, -0.2) is 43.2 Å². The first-order valence-electron chi connectivity index (χ1n) is 4.74. The van der Waals surface area contributed by atoms with Crippen LogP contribution >= 0.6 is 0 Å². The van der Waals surface area contributed by atoms with Crippen molar-refractivity contribution in [3.8, 4) is 0 Å². The fraction of sp³-hybridized carbons (Fsp3) is 0.222. The standard InChI is InChI=1S/C9H8N4O4/c1-2-17-8(16)6-3-5(7(14)15)12-9-10-4-11-13(6)9/h3-4H,2H2,1H3,(H,14,15). The number of nitrogens with zero attached hydrogens (tertiary/aromatic N) is 4. The van der Waals surface area contributed by atoms with Gasteiger partial charge >= 0.3 is 11.9 Å². The summed E-state index contributed by atoms with van der Waals surface area (Å²) in [5, 5.41) is 12.6. The minimum absolute atomic E-state index is 0.0215. The highest BCUT2D eigenvalue weighted by Crippen LogP contribution is 2.07. The number of fused-ring (bicyclic) bond motifs is 1. The molecule has 2 heterocycles. The molecule has 0 unspecified atom stereocenters. The molecule has 2 aromatic rings. The van der Waals surface area contributed by atoms with Gasteiger partial charge in [0.2, 0.25) is 0 Å². The van der Waals surface area contributed by atoms with E-state index in [2.05, 4.69) is 15.1 Å². The van der Waals surface area contributed by atoms with Crippen LogP contribution < -0.4 is 0 Å². The lowest BCUT2D eigenvalue weighted by Crippen LogP contribution is -2.14. The molecule has 0 fully saturated rings. The van der Waals surface area contributed by atoms with Crippen molar-refractivity contribution in [2.75, 3.05) is 6.61 Å². The highest BCUT2D eigenvalue weighted by Gasteiger charge is 2.18. The van der Waals surface area contributed by atoms with Gasteiger partial charge in [-0.2, -0.15) is 14.6 Å². The van der Waals surface area contributed by atoms with Crippen LogP contribution in [0.15, 0.2) is 12.4 Å². The van der Waals surface area contributed by atoms with Crippen molar-refractivity contribution in [1.82, 2.24) is 19.6 Å². The first-order chi connectivity index (χ1) is 8.13. The van der Waals surface area contributed by atoms with Crippen molar-refractivity contribution in [1.29, 1.82) is 0 Å². The number of ether oxygens (including phenoxy) is 1. The Morgan fingerprint density at radius 3 is 2.94 bits per heavy atom. The number of hydrogen-bond acceptors (Lipinski definition) is 6. The molecule has 0 saturated heterocycles. The molecule has 0 aliphatic rings. The zero-order valence-electron chi connectivity index (χ0n) is 8.82. The van der Waals surface area contributed by atoms with Gasteiger partial charge in [-0.1, -0.05) is 0 Å². The number of carbonyl (C=O) groups excluding carboxylic acids is 1. The van der Waals surface area contributed by atoms with Crippen LogP contribution in [0.5, 0.6) is 0 Å². The smallest absolute Gasteiger partial charge is 0.357 e. The van der Waals surface area contributed by atoms with Gasteiger partial charge in [-0.25, -0.2) is 14.6 Å². The monoisotopic (exact) mass is 236 g/mol. The number of carboxylic acid groups (broad SMARTS) is 1. The van der Waals surface area contributed by atoms with Crippen molar-refractivity contribution in [3.05, 3.63) is 23.8 Å². The van der Waals surface area contributed by atoms with E-state index in [1.807, 2.05) is 0 Å². The average molecular weight is 236 g/mol. The summed E-state index contributed by atoms with van der Waals surface area (Å²) in [6, 6.07) is 1.10. The molecule has 0 radical (unpaired) electrons. The van der Waals surface area contributed by atoms with Crippen molar-refractivity contribution < 1.29 is 19.4 Å². The third kappa shape index (κ3) is 1.92. The number of aromatic carboxylic acids is 1. The lowest BCUT2D eigenvalue weighted by atomic mass is 10.3. The quantitative estimate of drug-likeness (QED) is 0.747. The van der Waals surface area contributed by atoms with E-state index in [9.17, 15) is 9.59 Å². The molecule has 17 heavy (non-hydrogen) atoms. The van der Waals surface area contributed by atoms with Crippen LogP contribution in [-0.2, 0) is 4.74 Å². The van der Waals surface area contributed by atoms with Crippen molar-refractivity contribution in [3.63, 3.8) is 0 Å². The summed E-state index contributed by atoms with van der Waals surface area (Å²) in [7, 11) is 0. The van der Waals surface area contributed by atoms with Gasteiger partial charge in [0.05, 0.1) is 6.61 Å². The summed E-state index contributed by atoms with van der Waals surface area (Å²) in [5.41, 5.74) is -0.305. The van der Waals surface area contributed by atoms with Crippen molar-refractivity contribution in [2.45, 2.75) is 6.92 Å². The second-order valence-corrected chi connectivity index (χ2v) is 3.02. The van der Waals surface area contributed by atoms with Gasteiger partial charge in [0, 0.05) is 6.07 Å². The molecule has 8 nitrogen and oxygen atoms in total. The van der Waals surface area contributed by atoms with Gasteiger partial charge in [0.15, 0.2) is 11.4 Å². The molecule has 0 atom stereocenters. The Morgan fingerprint density at radius 1 is 1.53 bits per heavy atom. The van der Waals surface area contributed by atoms with Crippen LogP contribution in [0.4, 0.5) is 0 Å². The van der Waals surface area contributed by atoms with Gasteiger partial charge in [-0.3, -0.25) is 0 Å². The first-order valence-corrected chi connectivity index (χ1v) is 4.74. The van der Waals surface area contributed by atoms with Crippen LogP contribution in [0.3, 0.4) is 0 Å². The highest BCUT2D eigenvalue weighted by molar-refractivity contribution is 5.92. The molecule has 1 N–H and O–H groups in total. The Labute approximate surface area is 94.9 Å². The summed E-state index contributed by atoms with van der Waals surface area (Å²) in [5.74, 6) is -1.89. The van der Waals surface area contributed by atoms with E-state index in [0.717, 1.165) is 10.6 Å². The molecule has 2 aromatic heterocycles. The summed E-state index contributed by atoms with van der Waals surface area (Å²) in [6.07, 6.45) is 1.18. The molecule has 8 heteroatoms. The minimum Gasteiger partial charge on any atom is -0.477 e. The van der Waals surface area contributed by atoms with E-state index in [1.54, 1.807) is 6.92 Å². The maximum absolute atomic E-state index is 11.6. The van der Waals surface area contributed by atoms with E-state index in [-0.39, 0.29) is 23.8 Å². The molecule has 0 saturated carbocycles. The third-order valence-electron chi connectivity index (χ3n) is 1.96. The molecule has 0 bridgehead atoms. The second kappa shape index (κ2) is 4.16. The number of rotatable bonds is 3. The van der Waals surface area contributed by atoms with Crippen molar-refractivity contribution >= 4 is 17.7 Å². The maximum atomic E-state index is 11.6. The predicted octanol–water partition coefficient (Wildman–Crippen LogP) is -0.000800. The summed E-state index contributed by atoms with van der Waals surface area (Å²) < 4.78 is 5.92. The topological polar surface area (TPSA) is 107 Å². The van der Waals surface area contributed by atoms with Gasteiger partial charge in [0.1, 0.15) is 6.33 Å². The molecule has 0 aliphatic carbocycles. The molecule has 0 aromatic carbocycles. The van der Waals surface area contributed by atoms with Crippen LogP contribution in [0, 0.1) is 0 Å². The van der Waals surface area contributed by atoms with Crippen LogP contribution in [0.25, 0.3) is 5.78 Å². The van der Waals surface area contributed by atoms with Crippen LogP contribution in [0.2, 0.25) is 0 Å². The predicted molar refractivity (Wildman–Crippen MR) is 53.7 cm³/mol. The molecule has 2 rings (SSSR count). The zero-order chi connectivity index (χ0) is 12.4. The number of esters is 1. The lowest BCUT2D eigenvalue weighted by Gasteiger charge is -2.04. The largest absolute Gasteiger partial charge is 0.477 e. The van der Waals surface area contributed by atoms with Gasteiger partial charge < -0.3 is 9.84 Å². The normalized spacial score (nSPS) is 10.4.